The van der Waals surface area contributed by atoms with E-state index in [0.29, 0.717) is 18.7 Å². The fraction of sp³-hybridized carbons (Fsp3) is 0.444. The molecular weight excluding hydrogens is 322 g/mol. The molecule has 2 atom stereocenters. The van der Waals surface area contributed by atoms with Gasteiger partial charge in [0, 0.05) is 20.2 Å². The highest BCUT2D eigenvalue weighted by atomic mass is 16.5. The van der Waals surface area contributed by atoms with Crippen LogP contribution < -0.4 is 5.32 Å². The number of ether oxygens (including phenoxy) is 1. The molecule has 0 aliphatic carbocycles. The minimum absolute atomic E-state index is 0.0598. The Morgan fingerprint density at radius 1 is 1.28 bits per heavy atom. The van der Waals surface area contributed by atoms with E-state index in [1.165, 1.54) is 4.90 Å². The number of benzene rings is 1. The maximum Gasteiger partial charge on any atom is 0.322 e. The van der Waals surface area contributed by atoms with Gasteiger partial charge in [0.15, 0.2) is 0 Å². The highest BCUT2D eigenvalue weighted by molar-refractivity contribution is 6.01. The number of rotatable bonds is 3. The van der Waals surface area contributed by atoms with E-state index in [1.807, 2.05) is 0 Å². The smallest absolute Gasteiger partial charge is 0.322 e. The average molecular weight is 343 g/mol. The van der Waals surface area contributed by atoms with Gasteiger partial charge in [0.05, 0.1) is 30.0 Å². The monoisotopic (exact) mass is 343 g/mol. The van der Waals surface area contributed by atoms with Gasteiger partial charge in [-0.25, -0.2) is 4.79 Å². The number of phenolic OH excluding ortho intramolecular Hbond substituents is 1. The number of carbonyl (C=O) groups excluding carboxylic acids is 2. The quantitative estimate of drug-likeness (QED) is 0.868. The van der Waals surface area contributed by atoms with Crippen molar-refractivity contribution in [2.45, 2.75) is 25.0 Å². The third-order valence-electron chi connectivity index (χ3n) is 5.11. The highest BCUT2D eigenvalue weighted by Crippen LogP contribution is 2.36. The lowest BCUT2D eigenvalue weighted by Gasteiger charge is -2.31. The standard InChI is InChI=1S/C18H21N3O4/c1-20-14-10-21(9-13-3-2-8-25-13)17(23)15(14)16(19-18(20)24)11-4-6-12(22)7-5-11/h4-7,13,16,22H,2-3,8-10H2,1H3,(H,19,24)/t13-,16-/m0/s1. The van der Waals surface area contributed by atoms with Crippen molar-refractivity contribution < 1.29 is 19.4 Å². The van der Waals surface area contributed by atoms with Crippen LogP contribution in [-0.2, 0) is 9.53 Å². The first-order chi connectivity index (χ1) is 12.0. The molecule has 7 nitrogen and oxygen atoms in total. The largest absolute Gasteiger partial charge is 0.508 e. The Balaban J connectivity index is 1.64. The number of aromatic hydroxyl groups is 1. The molecule has 4 rings (SSSR count). The first kappa shape index (κ1) is 16.0. The summed E-state index contributed by atoms with van der Waals surface area (Å²) in [6.07, 6.45) is 2.06. The van der Waals surface area contributed by atoms with Gasteiger partial charge in [-0.1, -0.05) is 12.1 Å². The van der Waals surface area contributed by atoms with E-state index >= 15 is 0 Å². The molecule has 0 unspecified atom stereocenters. The van der Waals surface area contributed by atoms with E-state index < -0.39 is 6.04 Å². The minimum Gasteiger partial charge on any atom is -0.508 e. The molecule has 0 radical (unpaired) electrons. The summed E-state index contributed by atoms with van der Waals surface area (Å²) in [5.41, 5.74) is 2.12. The maximum atomic E-state index is 13.0. The van der Waals surface area contributed by atoms with Crippen LogP contribution in [0.15, 0.2) is 35.5 Å². The van der Waals surface area contributed by atoms with Gasteiger partial charge in [-0.2, -0.15) is 0 Å². The third kappa shape index (κ3) is 2.74. The van der Waals surface area contributed by atoms with Gasteiger partial charge >= 0.3 is 6.03 Å². The summed E-state index contributed by atoms with van der Waals surface area (Å²) in [5.74, 6) is 0.0883. The zero-order valence-electron chi connectivity index (χ0n) is 14.1. The number of likely N-dealkylation sites (N-methyl/N-ethyl adjacent to an activating group) is 1. The zero-order valence-corrected chi connectivity index (χ0v) is 14.1. The Morgan fingerprint density at radius 3 is 2.72 bits per heavy atom. The minimum atomic E-state index is -0.499. The van der Waals surface area contributed by atoms with Gasteiger partial charge in [-0.3, -0.25) is 9.69 Å². The second kappa shape index (κ2) is 6.07. The van der Waals surface area contributed by atoms with Gasteiger partial charge in [0.1, 0.15) is 5.75 Å². The van der Waals surface area contributed by atoms with E-state index in [0.717, 1.165) is 30.7 Å². The summed E-state index contributed by atoms with van der Waals surface area (Å²) in [6, 6.07) is 5.84. The molecule has 3 aliphatic heterocycles. The molecule has 0 aromatic heterocycles. The van der Waals surface area contributed by atoms with E-state index in [9.17, 15) is 14.7 Å². The predicted molar refractivity (Wildman–Crippen MR) is 89.7 cm³/mol. The summed E-state index contributed by atoms with van der Waals surface area (Å²) >= 11 is 0. The number of amides is 3. The summed E-state index contributed by atoms with van der Waals surface area (Å²) in [6.45, 7) is 1.72. The molecule has 0 spiro atoms. The Morgan fingerprint density at radius 2 is 2.04 bits per heavy atom. The van der Waals surface area contributed by atoms with Crippen molar-refractivity contribution in [2.75, 3.05) is 26.7 Å². The van der Waals surface area contributed by atoms with Crippen molar-refractivity contribution >= 4 is 11.9 Å². The molecule has 3 amide bonds. The summed E-state index contributed by atoms with van der Waals surface area (Å²) in [7, 11) is 1.68. The van der Waals surface area contributed by atoms with Crippen LogP contribution in [0.4, 0.5) is 4.79 Å². The number of phenols is 1. The topological polar surface area (TPSA) is 82.1 Å². The molecule has 0 bridgehead atoms. The van der Waals surface area contributed by atoms with E-state index in [2.05, 4.69) is 5.32 Å². The molecule has 3 heterocycles. The Bertz CT molecular complexity index is 737. The van der Waals surface area contributed by atoms with Crippen LogP contribution in [0.2, 0.25) is 0 Å². The van der Waals surface area contributed by atoms with Crippen LogP contribution in [0.1, 0.15) is 24.4 Å². The Hall–Kier alpha value is -2.54. The van der Waals surface area contributed by atoms with Crippen LogP contribution in [0.5, 0.6) is 5.75 Å². The van der Waals surface area contributed by atoms with Crippen molar-refractivity contribution in [1.82, 2.24) is 15.1 Å². The number of hydrogen-bond acceptors (Lipinski definition) is 4. The number of carbonyl (C=O) groups is 2. The zero-order chi connectivity index (χ0) is 17.6. The number of urea groups is 1. The van der Waals surface area contributed by atoms with Crippen LogP contribution in [0, 0.1) is 0 Å². The predicted octanol–water partition coefficient (Wildman–Crippen LogP) is 1.36. The number of nitrogens with zero attached hydrogens (tertiary/aromatic N) is 2. The first-order valence-corrected chi connectivity index (χ1v) is 8.51. The van der Waals surface area contributed by atoms with Crippen LogP contribution in [0.3, 0.4) is 0 Å². The van der Waals surface area contributed by atoms with Gasteiger partial charge in [0.2, 0.25) is 0 Å². The molecule has 132 valence electrons. The lowest BCUT2D eigenvalue weighted by atomic mass is 9.95. The van der Waals surface area contributed by atoms with Gasteiger partial charge in [0.25, 0.3) is 5.91 Å². The van der Waals surface area contributed by atoms with Crippen molar-refractivity contribution in [3.8, 4) is 5.75 Å². The maximum absolute atomic E-state index is 13.0. The second-order valence-electron chi connectivity index (χ2n) is 6.71. The molecule has 1 saturated heterocycles. The molecule has 2 N–H and O–H groups in total. The lowest BCUT2D eigenvalue weighted by Crippen LogP contribution is -2.45. The fourth-order valence-electron chi connectivity index (χ4n) is 3.72. The fourth-order valence-corrected chi connectivity index (χ4v) is 3.72. The third-order valence-corrected chi connectivity index (χ3v) is 5.11. The highest BCUT2D eigenvalue weighted by Gasteiger charge is 2.43. The van der Waals surface area contributed by atoms with E-state index in [-0.39, 0.29) is 23.8 Å². The average Bonchev–Trinajstić information content (AvgIpc) is 3.22. The van der Waals surface area contributed by atoms with Crippen molar-refractivity contribution in [3.63, 3.8) is 0 Å². The summed E-state index contributed by atoms with van der Waals surface area (Å²) in [5, 5.41) is 12.4. The Kier molecular flexibility index (Phi) is 3.88. The van der Waals surface area contributed by atoms with E-state index in [1.54, 1.807) is 36.2 Å². The first-order valence-electron chi connectivity index (χ1n) is 8.51. The van der Waals surface area contributed by atoms with Crippen LogP contribution in [-0.4, -0.2) is 59.7 Å². The van der Waals surface area contributed by atoms with Crippen molar-refractivity contribution in [3.05, 3.63) is 41.1 Å². The molecule has 25 heavy (non-hydrogen) atoms. The van der Waals surface area contributed by atoms with E-state index in [4.69, 9.17) is 4.74 Å². The molecule has 1 aromatic rings. The van der Waals surface area contributed by atoms with Gasteiger partial charge in [-0.15, -0.1) is 0 Å². The molecule has 3 aliphatic rings. The lowest BCUT2D eigenvalue weighted by molar-refractivity contribution is -0.127. The Labute approximate surface area is 145 Å². The SMILES string of the molecule is CN1C(=O)N[C@@H](c2ccc(O)cc2)C2=C1CN(C[C@@H]1CCCO1)C2=O. The summed E-state index contributed by atoms with van der Waals surface area (Å²) in [4.78, 5) is 28.6. The molecule has 1 fully saturated rings. The van der Waals surface area contributed by atoms with Crippen LogP contribution in [0.25, 0.3) is 0 Å². The number of nitrogens with one attached hydrogen (secondary N) is 1. The normalized spacial score (nSPS) is 26.3. The molecular formula is C18H21N3O4. The van der Waals surface area contributed by atoms with Gasteiger partial charge in [-0.05, 0) is 30.5 Å². The molecule has 0 saturated carbocycles. The van der Waals surface area contributed by atoms with Crippen LogP contribution >= 0.6 is 0 Å². The second-order valence-corrected chi connectivity index (χ2v) is 6.71. The van der Waals surface area contributed by atoms with Crippen molar-refractivity contribution in [1.29, 1.82) is 0 Å². The van der Waals surface area contributed by atoms with Gasteiger partial charge < -0.3 is 20.1 Å². The number of hydrogen-bond donors (Lipinski definition) is 2. The summed E-state index contributed by atoms with van der Waals surface area (Å²) < 4.78 is 5.65. The van der Waals surface area contributed by atoms with Crippen molar-refractivity contribution in [2.24, 2.45) is 0 Å². The molecule has 7 heteroatoms. The molecule has 1 aromatic carbocycles.